The summed E-state index contributed by atoms with van der Waals surface area (Å²) in [6.45, 7) is 6.85. The summed E-state index contributed by atoms with van der Waals surface area (Å²) in [6.07, 6.45) is 7.82. The van der Waals surface area contributed by atoms with Gasteiger partial charge in [-0.1, -0.05) is 37.6 Å². The predicted molar refractivity (Wildman–Crippen MR) is 187 cm³/mol. The van der Waals surface area contributed by atoms with E-state index >= 15 is 0 Å². The largest absolute Gasteiger partial charge is 0.495 e. The van der Waals surface area contributed by atoms with Gasteiger partial charge in [0.1, 0.15) is 39.1 Å². The van der Waals surface area contributed by atoms with Crippen LogP contribution in [0.25, 0.3) is 21.6 Å². The van der Waals surface area contributed by atoms with Crippen molar-refractivity contribution in [2.45, 2.75) is 77.7 Å². The smallest absolute Gasteiger partial charge is 0.313 e. The molecule has 0 unspecified atom stereocenters. The average molecular weight is 694 g/mol. The fourth-order valence-electron chi connectivity index (χ4n) is 7.22. The molecule has 3 aromatic rings. The van der Waals surface area contributed by atoms with Gasteiger partial charge in [-0.2, -0.15) is 0 Å². The summed E-state index contributed by atoms with van der Waals surface area (Å²) in [5.41, 5.74) is 1.26. The number of allylic oxidation sites excluding steroid dienone is 2. The molecule has 11 heteroatoms. The van der Waals surface area contributed by atoms with E-state index in [2.05, 4.69) is 26.0 Å². The highest BCUT2D eigenvalue weighted by atomic mass is 35.5. The summed E-state index contributed by atoms with van der Waals surface area (Å²) in [5, 5.41) is 3.84. The number of amides is 1. The molecule has 1 aromatic carbocycles. The molecular weight excluding hydrogens is 650 g/mol. The highest BCUT2D eigenvalue weighted by Crippen LogP contribution is 2.58. The van der Waals surface area contributed by atoms with Crippen molar-refractivity contribution in [3.63, 3.8) is 0 Å². The third-order valence-electron chi connectivity index (χ3n) is 10.1. The Kier molecular flexibility index (Phi) is 10.1. The minimum absolute atomic E-state index is 0.0286. The van der Waals surface area contributed by atoms with Gasteiger partial charge in [0.05, 0.1) is 36.3 Å². The Morgan fingerprint density at radius 2 is 1.94 bits per heavy atom. The maximum absolute atomic E-state index is 14.2. The number of rotatable bonds is 7. The number of thiazole rings is 1. The zero-order chi connectivity index (χ0) is 34.2. The van der Waals surface area contributed by atoms with E-state index in [-0.39, 0.29) is 42.5 Å². The summed E-state index contributed by atoms with van der Waals surface area (Å²) < 4.78 is 17.7. The Morgan fingerprint density at radius 3 is 2.67 bits per heavy atom. The van der Waals surface area contributed by atoms with Crippen molar-refractivity contribution in [1.29, 1.82) is 0 Å². The van der Waals surface area contributed by atoms with Gasteiger partial charge in [-0.25, -0.2) is 9.97 Å². The summed E-state index contributed by atoms with van der Waals surface area (Å²) >= 11 is 8.30. The van der Waals surface area contributed by atoms with E-state index in [4.69, 9.17) is 35.8 Å². The van der Waals surface area contributed by atoms with Gasteiger partial charge in [-0.15, -0.1) is 11.3 Å². The van der Waals surface area contributed by atoms with E-state index in [0.29, 0.717) is 58.9 Å². The van der Waals surface area contributed by atoms with E-state index in [1.807, 2.05) is 24.6 Å². The number of hydrogen-bond acceptors (Lipinski definition) is 9. The van der Waals surface area contributed by atoms with Crippen LogP contribution in [0.5, 0.6) is 11.5 Å². The third-order valence-corrected chi connectivity index (χ3v) is 11.4. The molecule has 1 amide bonds. The molecule has 0 radical (unpaired) electrons. The fourth-order valence-corrected chi connectivity index (χ4v) is 8.44. The van der Waals surface area contributed by atoms with Gasteiger partial charge < -0.3 is 19.1 Å². The Labute approximate surface area is 291 Å². The highest BCUT2D eigenvalue weighted by molar-refractivity contribution is 7.13. The second-order valence-electron chi connectivity index (χ2n) is 13.7. The van der Waals surface area contributed by atoms with Gasteiger partial charge in [0, 0.05) is 42.8 Å². The van der Waals surface area contributed by atoms with Gasteiger partial charge in [0.2, 0.25) is 5.91 Å². The van der Waals surface area contributed by atoms with Crippen LogP contribution in [0.3, 0.4) is 0 Å². The number of ketones is 1. The fraction of sp³-hybridized carbons (Fsp3) is 0.541. The molecule has 48 heavy (non-hydrogen) atoms. The molecule has 2 aliphatic carbocycles. The van der Waals surface area contributed by atoms with Crippen molar-refractivity contribution in [3.05, 3.63) is 46.4 Å². The van der Waals surface area contributed by atoms with Crippen molar-refractivity contribution in [3.8, 4) is 22.2 Å². The van der Waals surface area contributed by atoms with Crippen molar-refractivity contribution in [1.82, 2.24) is 14.9 Å². The van der Waals surface area contributed by atoms with Crippen LogP contribution in [0.2, 0.25) is 5.02 Å². The lowest BCUT2D eigenvalue weighted by molar-refractivity contribution is -0.152. The summed E-state index contributed by atoms with van der Waals surface area (Å²) in [6, 6.07) is 5.52. The molecule has 9 nitrogen and oxygen atoms in total. The van der Waals surface area contributed by atoms with Crippen molar-refractivity contribution < 1.29 is 28.6 Å². The quantitative estimate of drug-likeness (QED) is 0.184. The Hall–Kier alpha value is -3.50. The number of hydrogen-bond donors (Lipinski definition) is 0. The number of ether oxygens (including phenoxy) is 3. The Morgan fingerprint density at radius 1 is 1.15 bits per heavy atom. The van der Waals surface area contributed by atoms with Gasteiger partial charge >= 0.3 is 5.97 Å². The second kappa shape index (κ2) is 14.2. The van der Waals surface area contributed by atoms with E-state index in [0.717, 1.165) is 30.0 Å². The average Bonchev–Trinajstić information content (AvgIpc) is 3.37. The number of aromatic nitrogens is 2. The molecule has 3 heterocycles. The number of methoxy groups -OCH3 is 1. The van der Waals surface area contributed by atoms with Crippen LogP contribution in [0.1, 0.15) is 77.3 Å². The van der Waals surface area contributed by atoms with Gasteiger partial charge in [0.15, 0.2) is 0 Å². The molecule has 2 aromatic heterocycles. The monoisotopic (exact) mass is 693 g/mol. The number of benzene rings is 1. The first-order valence-corrected chi connectivity index (χ1v) is 18.2. The van der Waals surface area contributed by atoms with E-state index < -0.39 is 23.4 Å². The zero-order valence-corrected chi connectivity index (χ0v) is 29.9. The second-order valence-corrected chi connectivity index (χ2v) is 14.9. The maximum Gasteiger partial charge on any atom is 0.313 e. The minimum Gasteiger partial charge on any atom is -0.495 e. The van der Waals surface area contributed by atoms with Gasteiger partial charge in [0.25, 0.3) is 0 Å². The van der Waals surface area contributed by atoms with E-state index in [1.165, 1.54) is 11.3 Å². The lowest BCUT2D eigenvalue weighted by Crippen LogP contribution is -2.38. The highest BCUT2D eigenvalue weighted by Gasteiger charge is 2.61. The number of carbonyl (C=O) groups excluding carboxylic acids is 3. The van der Waals surface area contributed by atoms with Crippen molar-refractivity contribution >= 4 is 51.5 Å². The number of nitrogens with zero attached hydrogens (tertiary/aromatic N) is 3. The van der Waals surface area contributed by atoms with Crippen LogP contribution >= 0.6 is 22.9 Å². The SMILES string of the molecule is CCOC(=O)[C@]12CC(=O)[C@@H]3C[C@@H](Oc4cc(-c5nc(C(C)C)cs5)nc5c(Cl)c(OC)ccc45)C[C@H]3C(=O)N(C)CCCC/C=C\[C@@H]1C2. The van der Waals surface area contributed by atoms with E-state index in [9.17, 15) is 14.4 Å². The summed E-state index contributed by atoms with van der Waals surface area (Å²) in [5.74, 6) is -0.295. The van der Waals surface area contributed by atoms with Crippen LogP contribution in [-0.2, 0) is 19.1 Å². The molecule has 2 saturated carbocycles. The predicted octanol–water partition coefficient (Wildman–Crippen LogP) is 7.64. The number of pyridine rings is 1. The molecule has 6 rings (SSSR count). The van der Waals surface area contributed by atoms with Gasteiger partial charge in [-0.05, 0) is 69.4 Å². The van der Waals surface area contributed by atoms with Gasteiger partial charge in [-0.3, -0.25) is 14.4 Å². The van der Waals surface area contributed by atoms with Crippen molar-refractivity contribution in [2.75, 3.05) is 27.3 Å². The minimum atomic E-state index is -0.860. The van der Waals surface area contributed by atoms with Crippen LogP contribution in [0.4, 0.5) is 0 Å². The van der Waals surface area contributed by atoms with Crippen LogP contribution in [0, 0.1) is 23.2 Å². The topological polar surface area (TPSA) is 108 Å². The molecule has 0 saturated heterocycles. The lowest BCUT2D eigenvalue weighted by Gasteiger charge is -2.25. The molecule has 2 fully saturated rings. The normalized spacial score (nSPS) is 26.9. The standard InChI is InChI=1S/C37H44ClN3O6S/c1-6-46-36(44)37-18-22(37)11-9-7-8-10-14-41(4)35(43)26-16-23(15-25(26)29(42)19-37)47-31-17-27(34-40-28(20-48-34)21(2)3)39-33-24(31)12-13-30(45-5)32(33)38/h9,11-13,17,20-23,25-26H,6-8,10,14-16,18-19H2,1-5H3/b11-9-/t22-,23-,25-,26-,37-/m1/s1. The first-order chi connectivity index (χ1) is 23.1. The summed E-state index contributed by atoms with van der Waals surface area (Å²) in [4.78, 5) is 52.8. The number of fused-ring (bicyclic) bond motifs is 3. The first-order valence-electron chi connectivity index (χ1n) is 17.0. The Bertz CT molecular complexity index is 1740. The van der Waals surface area contributed by atoms with E-state index in [1.54, 1.807) is 25.0 Å². The first kappa shape index (κ1) is 34.4. The molecule has 256 valence electrons. The lowest BCUT2D eigenvalue weighted by atomic mass is 9.84. The number of carbonyl (C=O) groups is 3. The maximum atomic E-state index is 14.2. The molecule has 1 aliphatic heterocycles. The molecule has 0 N–H and O–H groups in total. The molecule has 5 atom stereocenters. The summed E-state index contributed by atoms with van der Waals surface area (Å²) in [7, 11) is 3.37. The molecule has 3 aliphatic rings. The molecular formula is C37H44ClN3O6S. The molecule has 0 bridgehead atoms. The number of Topliss-reactive ketones (excluding diaryl/α,β-unsaturated/α-hetero) is 1. The number of halogens is 1. The Balaban J connectivity index is 1.34. The van der Waals surface area contributed by atoms with Crippen molar-refractivity contribution in [2.24, 2.45) is 23.2 Å². The van der Waals surface area contributed by atoms with Crippen LogP contribution in [0.15, 0.2) is 35.7 Å². The third kappa shape index (κ3) is 6.70. The number of esters is 1. The van der Waals surface area contributed by atoms with Crippen LogP contribution in [-0.4, -0.2) is 65.9 Å². The zero-order valence-electron chi connectivity index (χ0n) is 28.3. The van der Waals surface area contributed by atoms with Crippen LogP contribution < -0.4 is 9.47 Å². The molecule has 0 spiro atoms.